The second-order valence-electron chi connectivity index (χ2n) is 6.71. The molecule has 1 aromatic carbocycles. The van der Waals surface area contributed by atoms with Crippen LogP contribution in [0, 0.1) is 0 Å². The summed E-state index contributed by atoms with van der Waals surface area (Å²) in [5.74, 6) is 0. The molecule has 118 valence electrons. The van der Waals surface area contributed by atoms with Crippen molar-refractivity contribution in [3.05, 3.63) is 40.6 Å². The van der Waals surface area contributed by atoms with Gasteiger partial charge in [-0.1, -0.05) is 39.0 Å². The fourth-order valence-electron chi connectivity index (χ4n) is 3.34. The van der Waals surface area contributed by atoms with E-state index in [9.17, 15) is 0 Å². The Morgan fingerprint density at radius 2 is 2.14 bits per heavy atom. The van der Waals surface area contributed by atoms with Crippen LogP contribution in [0.25, 0.3) is 10.9 Å². The quantitative estimate of drug-likeness (QED) is 0.938. The van der Waals surface area contributed by atoms with Crippen LogP contribution in [0.4, 0.5) is 0 Å². The van der Waals surface area contributed by atoms with Gasteiger partial charge >= 0.3 is 0 Å². The van der Waals surface area contributed by atoms with Gasteiger partial charge in [0.25, 0.3) is 0 Å². The van der Waals surface area contributed by atoms with Gasteiger partial charge in [-0.25, -0.2) is 0 Å². The second kappa shape index (κ2) is 6.35. The van der Waals surface area contributed by atoms with Crippen LogP contribution in [0.2, 0.25) is 0 Å². The molecule has 0 spiro atoms. The number of aromatic nitrogens is 1. The van der Waals surface area contributed by atoms with E-state index in [1.54, 1.807) is 0 Å². The molecule has 2 aromatic rings. The number of benzene rings is 1. The Balaban J connectivity index is 2.19. The van der Waals surface area contributed by atoms with Gasteiger partial charge in [-0.15, -0.1) is 0 Å². The third kappa shape index (κ3) is 2.88. The fraction of sp³-hybridized carbons (Fsp3) is 0.526. The maximum atomic E-state index is 5.05. The van der Waals surface area contributed by atoms with E-state index >= 15 is 0 Å². The lowest BCUT2D eigenvalue weighted by Gasteiger charge is -2.28. The van der Waals surface area contributed by atoms with Gasteiger partial charge in [0.15, 0.2) is 0 Å². The van der Waals surface area contributed by atoms with Crippen molar-refractivity contribution in [3.63, 3.8) is 0 Å². The molecular formula is C19H27N3. The van der Waals surface area contributed by atoms with E-state index in [1.807, 2.05) is 0 Å². The zero-order chi connectivity index (χ0) is 15.7. The van der Waals surface area contributed by atoms with Crippen molar-refractivity contribution in [2.45, 2.75) is 52.7 Å². The minimum atomic E-state index is 0.495. The maximum Gasteiger partial charge on any atom is 0.0740 e. The summed E-state index contributed by atoms with van der Waals surface area (Å²) in [7, 11) is 2.20. The van der Waals surface area contributed by atoms with Crippen molar-refractivity contribution < 1.29 is 0 Å². The molecule has 1 aromatic heterocycles. The predicted molar refractivity (Wildman–Crippen MR) is 93.1 cm³/mol. The number of pyridine rings is 1. The largest absolute Gasteiger partial charge is 0.310 e. The van der Waals surface area contributed by atoms with Gasteiger partial charge in [-0.3, -0.25) is 4.98 Å². The summed E-state index contributed by atoms with van der Waals surface area (Å²) in [6.45, 7) is 9.69. The number of rotatable bonds is 4. The van der Waals surface area contributed by atoms with Crippen LogP contribution >= 0.6 is 0 Å². The van der Waals surface area contributed by atoms with Gasteiger partial charge in [0, 0.05) is 43.2 Å². The van der Waals surface area contributed by atoms with Crippen molar-refractivity contribution >= 4 is 10.9 Å². The number of aryl methyl sites for hydroxylation is 1. The molecule has 3 rings (SSSR count). The minimum Gasteiger partial charge on any atom is -0.310 e. The number of nitrogens with one attached hydrogen (secondary N) is 1. The number of fused-ring (bicyclic) bond motifs is 2. The molecule has 1 N–H and O–H groups in total. The molecule has 0 saturated heterocycles. The zero-order valence-corrected chi connectivity index (χ0v) is 14.2. The molecule has 3 nitrogen and oxygen atoms in total. The monoisotopic (exact) mass is 297 g/mol. The predicted octanol–water partition coefficient (Wildman–Crippen LogP) is 3.28. The van der Waals surface area contributed by atoms with E-state index in [0.29, 0.717) is 6.04 Å². The van der Waals surface area contributed by atoms with Crippen LogP contribution in [-0.2, 0) is 25.9 Å². The van der Waals surface area contributed by atoms with Crippen molar-refractivity contribution in [2.75, 3.05) is 13.6 Å². The van der Waals surface area contributed by atoms with E-state index in [1.165, 1.54) is 33.3 Å². The van der Waals surface area contributed by atoms with Crippen LogP contribution < -0.4 is 5.32 Å². The molecule has 0 unspecified atom stereocenters. The van der Waals surface area contributed by atoms with E-state index < -0.39 is 0 Å². The van der Waals surface area contributed by atoms with Gasteiger partial charge in [0.1, 0.15) is 0 Å². The first-order valence-corrected chi connectivity index (χ1v) is 8.44. The Bertz CT molecular complexity index is 676. The molecule has 22 heavy (non-hydrogen) atoms. The lowest BCUT2D eigenvalue weighted by Crippen LogP contribution is -2.30. The molecule has 0 amide bonds. The van der Waals surface area contributed by atoms with E-state index in [0.717, 1.165) is 32.5 Å². The highest BCUT2D eigenvalue weighted by molar-refractivity contribution is 5.86. The van der Waals surface area contributed by atoms with Gasteiger partial charge in [-0.2, -0.15) is 0 Å². The summed E-state index contributed by atoms with van der Waals surface area (Å²) in [5, 5.41) is 4.94. The summed E-state index contributed by atoms with van der Waals surface area (Å²) in [5.41, 5.74) is 6.80. The summed E-state index contributed by atoms with van der Waals surface area (Å²) in [6, 6.07) is 7.14. The average molecular weight is 297 g/mol. The molecule has 3 heteroatoms. The highest BCUT2D eigenvalue weighted by Gasteiger charge is 2.21. The minimum absolute atomic E-state index is 0.495. The fourth-order valence-corrected chi connectivity index (χ4v) is 3.34. The number of nitrogens with zero attached hydrogens (tertiary/aromatic N) is 2. The zero-order valence-electron chi connectivity index (χ0n) is 14.2. The number of hydrogen-bond acceptors (Lipinski definition) is 3. The molecule has 0 fully saturated rings. The first-order valence-electron chi connectivity index (χ1n) is 8.44. The highest BCUT2D eigenvalue weighted by Crippen LogP contribution is 2.29. The Morgan fingerprint density at radius 1 is 1.32 bits per heavy atom. The molecule has 2 heterocycles. The van der Waals surface area contributed by atoms with Crippen molar-refractivity contribution in [3.8, 4) is 0 Å². The lowest BCUT2D eigenvalue weighted by molar-refractivity contribution is 0.308. The van der Waals surface area contributed by atoms with E-state index in [2.05, 4.69) is 56.2 Å². The second-order valence-corrected chi connectivity index (χ2v) is 6.71. The van der Waals surface area contributed by atoms with Crippen LogP contribution in [0.1, 0.15) is 43.2 Å². The van der Waals surface area contributed by atoms with Crippen molar-refractivity contribution in [2.24, 2.45) is 0 Å². The first kappa shape index (κ1) is 15.4. The molecule has 0 bridgehead atoms. The number of likely N-dealkylation sites (N-methyl/N-ethyl adjacent to an activating group) is 1. The number of hydrogen-bond donors (Lipinski definition) is 1. The van der Waals surface area contributed by atoms with Crippen LogP contribution in [0.15, 0.2) is 18.2 Å². The SMILES string of the molecule is CCc1cccc2c(CNC(C)C)c3c(nc12)CCN(C)C3. The van der Waals surface area contributed by atoms with Gasteiger partial charge in [-0.05, 0) is 30.2 Å². The molecule has 1 aliphatic rings. The third-order valence-corrected chi connectivity index (χ3v) is 4.63. The Morgan fingerprint density at radius 3 is 2.86 bits per heavy atom. The summed E-state index contributed by atoms with van der Waals surface area (Å²) >= 11 is 0. The normalized spacial score (nSPS) is 15.5. The maximum absolute atomic E-state index is 5.05. The lowest BCUT2D eigenvalue weighted by atomic mass is 9.94. The van der Waals surface area contributed by atoms with Gasteiger partial charge in [0.05, 0.1) is 5.52 Å². The molecule has 1 aliphatic heterocycles. The molecule has 0 saturated carbocycles. The Hall–Kier alpha value is -1.45. The number of para-hydroxylation sites is 1. The third-order valence-electron chi connectivity index (χ3n) is 4.63. The summed E-state index contributed by atoms with van der Waals surface area (Å²) < 4.78 is 0. The Kier molecular flexibility index (Phi) is 4.46. The summed E-state index contributed by atoms with van der Waals surface area (Å²) in [4.78, 5) is 7.46. The highest BCUT2D eigenvalue weighted by atomic mass is 15.1. The molecule has 0 radical (unpaired) electrons. The smallest absolute Gasteiger partial charge is 0.0740 e. The van der Waals surface area contributed by atoms with Crippen LogP contribution in [0.3, 0.4) is 0 Å². The van der Waals surface area contributed by atoms with Crippen LogP contribution in [0.5, 0.6) is 0 Å². The topological polar surface area (TPSA) is 28.2 Å². The van der Waals surface area contributed by atoms with Gasteiger partial charge in [0.2, 0.25) is 0 Å². The van der Waals surface area contributed by atoms with E-state index in [-0.39, 0.29) is 0 Å². The molecular weight excluding hydrogens is 270 g/mol. The average Bonchev–Trinajstić information content (AvgIpc) is 2.51. The van der Waals surface area contributed by atoms with Crippen molar-refractivity contribution in [1.29, 1.82) is 0 Å². The van der Waals surface area contributed by atoms with Gasteiger partial charge < -0.3 is 10.2 Å². The molecule has 0 atom stereocenters. The van der Waals surface area contributed by atoms with E-state index in [4.69, 9.17) is 4.98 Å². The molecule has 0 aliphatic carbocycles. The standard InChI is InChI=1S/C19H27N3/c1-5-14-7-6-8-15-16(11-20-13(2)3)17-12-22(4)10-9-18(17)21-19(14)15/h6-8,13,20H,5,9-12H2,1-4H3. The first-order chi connectivity index (χ1) is 10.6. The van der Waals surface area contributed by atoms with Crippen molar-refractivity contribution in [1.82, 2.24) is 15.2 Å². The Labute approximate surface area is 133 Å². The van der Waals surface area contributed by atoms with Crippen LogP contribution in [-0.4, -0.2) is 29.5 Å². The summed E-state index contributed by atoms with van der Waals surface area (Å²) in [6.07, 6.45) is 2.11.